The van der Waals surface area contributed by atoms with E-state index in [0.29, 0.717) is 5.56 Å². The predicted molar refractivity (Wildman–Crippen MR) is 133 cm³/mol. The number of para-hydroxylation sites is 1. The van der Waals surface area contributed by atoms with Gasteiger partial charge in [-0.05, 0) is 35.7 Å². The number of carboxylic acid groups (broad SMARTS) is 1. The number of carbonyl (C=O) groups excluding carboxylic acids is 3. The maximum Gasteiger partial charge on any atom is 0.326 e. The van der Waals surface area contributed by atoms with E-state index in [1.165, 1.54) is 24.3 Å². The van der Waals surface area contributed by atoms with Crippen LogP contribution in [0.5, 0.6) is 5.75 Å². The molecule has 3 aromatic rings. The number of rotatable bonds is 12. The van der Waals surface area contributed by atoms with Crippen LogP contribution in [0.15, 0.2) is 54.7 Å². The zero-order valence-electron chi connectivity index (χ0n) is 19.8. The van der Waals surface area contributed by atoms with Gasteiger partial charge in [-0.25, -0.2) is 4.79 Å². The van der Waals surface area contributed by atoms with Gasteiger partial charge in [0, 0.05) is 23.5 Å². The van der Waals surface area contributed by atoms with Gasteiger partial charge in [0.1, 0.15) is 17.8 Å². The Kier molecular flexibility index (Phi) is 9.19. The molecular weight excluding hydrogens is 482 g/mol. The maximum atomic E-state index is 12.5. The fraction of sp³-hybridized carbons (Fsp3) is 0.280. The third-order valence-electron chi connectivity index (χ3n) is 5.70. The second-order valence-corrected chi connectivity index (χ2v) is 8.46. The average molecular weight is 512 g/mol. The van der Waals surface area contributed by atoms with Crippen LogP contribution in [0.3, 0.4) is 0 Å². The standard InChI is InChI=1S/C25H29N5O7/c26-18(10-15-11-27-19-4-2-1-3-17(15)19)23(34)28-12-22(33)29-21(13-31)24(35)30-20(25(36)37)9-14-5-7-16(32)8-6-14/h1-8,11,18,20-21,27,31-32H,9-10,12-13,26H2,(H,28,34)(H,29,33)(H,30,35)(H,36,37). The Labute approximate surface area is 211 Å². The number of hydrogen-bond acceptors (Lipinski definition) is 7. The van der Waals surface area contributed by atoms with Crippen LogP contribution >= 0.6 is 0 Å². The van der Waals surface area contributed by atoms with E-state index >= 15 is 0 Å². The molecule has 0 aliphatic rings. The topological polar surface area (TPSA) is 207 Å². The second-order valence-electron chi connectivity index (χ2n) is 8.46. The van der Waals surface area contributed by atoms with Gasteiger partial charge in [-0.1, -0.05) is 30.3 Å². The number of carbonyl (C=O) groups is 4. The zero-order valence-corrected chi connectivity index (χ0v) is 19.8. The lowest BCUT2D eigenvalue weighted by atomic mass is 10.1. The molecule has 196 valence electrons. The summed E-state index contributed by atoms with van der Waals surface area (Å²) in [5.74, 6) is -3.57. The molecule has 1 heterocycles. The Morgan fingerprint density at radius 2 is 1.62 bits per heavy atom. The van der Waals surface area contributed by atoms with E-state index in [9.17, 15) is 34.5 Å². The molecule has 0 saturated carbocycles. The van der Waals surface area contributed by atoms with Gasteiger partial charge in [0.25, 0.3) is 0 Å². The summed E-state index contributed by atoms with van der Waals surface area (Å²) in [4.78, 5) is 51.8. The number of aliphatic hydroxyl groups excluding tert-OH is 1. The number of benzene rings is 2. The number of amides is 3. The SMILES string of the molecule is NC(Cc1c[nH]c2ccccc12)C(=O)NCC(=O)NC(CO)C(=O)NC(Cc1ccc(O)cc1)C(=O)O. The van der Waals surface area contributed by atoms with Crippen molar-refractivity contribution in [2.24, 2.45) is 5.73 Å². The number of aliphatic hydroxyl groups is 1. The van der Waals surface area contributed by atoms with E-state index in [1.54, 1.807) is 6.20 Å². The van der Waals surface area contributed by atoms with Gasteiger partial charge in [0.15, 0.2) is 0 Å². The molecule has 3 atom stereocenters. The highest BCUT2D eigenvalue weighted by Gasteiger charge is 2.27. The van der Waals surface area contributed by atoms with Crippen molar-refractivity contribution in [3.8, 4) is 5.75 Å². The highest BCUT2D eigenvalue weighted by molar-refractivity contribution is 5.93. The highest BCUT2D eigenvalue weighted by atomic mass is 16.4. The molecular formula is C25H29N5O7. The molecule has 0 aliphatic heterocycles. The predicted octanol–water partition coefficient (Wildman–Crippen LogP) is -0.851. The van der Waals surface area contributed by atoms with Gasteiger partial charge in [-0.15, -0.1) is 0 Å². The molecule has 9 N–H and O–H groups in total. The molecule has 3 unspecified atom stereocenters. The minimum atomic E-state index is -1.44. The summed E-state index contributed by atoms with van der Waals surface area (Å²) in [5, 5.41) is 36.2. The molecule has 1 aromatic heterocycles. The molecule has 0 bridgehead atoms. The Bertz CT molecular complexity index is 1260. The van der Waals surface area contributed by atoms with E-state index < -0.39 is 55.0 Å². The summed E-state index contributed by atoms with van der Waals surface area (Å²) in [6, 6.07) is 9.62. The van der Waals surface area contributed by atoms with Crippen molar-refractivity contribution >= 4 is 34.6 Å². The minimum Gasteiger partial charge on any atom is -0.508 e. The number of aromatic nitrogens is 1. The van der Waals surface area contributed by atoms with Gasteiger partial charge in [0.05, 0.1) is 19.2 Å². The van der Waals surface area contributed by atoms with Gasteiger partial charge in [-0.3, -0.25) is 14.4 Å². The maximum absolute atomic E-state index is 12.5. The van der Waals surface area contributed by atoms with Gasteiger partial charge in [0.2, 0.25) is 17.7 Å². The molecule has 0 spiro atoms. The second kappa shape index (κ2) is 12.5. The molecule has 3 amide bonds. The van der Waals surface area contributed by atoms with Crippen molar-refractivity contribution in [1.29, 1.82) is 0 Å². The fourth-order valence-corrected chi connectivity index (χ4v) is 3.71. The lowest BCUT2D eigenvalue weighted by Crippen LogP contribution is -2.55. The zero-order chi connectivity index (χ0) is 26.9. The van der Waals surface area contributed by atoms with Crippen molar-refractivity contribution in [2.45, 2.75) is 31.0 Å². The summed E-state index contributed by atoms with van der Waals surface area (Å²) < 4.78 is 0. The number of aromatic hydroxyl groups is 1. The molecule has 2 aromatic carbocycles. The van der Waals surface area contributed by atoms with E-state index in [4.69, 9.17) is 5.73 Å². The van der Waals surface area contributed by atoms with Crippen molar-refractivity contribution in [1.82, 2.24) is 20.9 Å². The lowest BCUT2D eigenvalue weighted by Gasteiger charge is -2.20. The van der Waals surface area contributed by atoms with Crippen molar-refractivity contribution in [2.75, 3.05) is 13.2 Å². The Morgan fingerprint density at radius 3 is 2.30 bits per heavy atom. The first kappa shape index (κ1) is 27.2. The van der Waals surface area contributed by atoms with E-state index in [-0.39, 0.29) is 18.6 Å². The summed E-state index contributed by atoms with van der Waals surface area (Å²) >= 11 is 0. The Morgan fingerprint density at radius 1 is 0.919 bits per heavy atom. The first-order valence-corrected chi connectivity index (χ1v) is 11.5. The number of phenolic OH excluding ortho intramolecular Hbond substituents is 1. The number of fused-ring (bicyclic) bond motifs is 1. The van der Waals surface area contributed by atoms with E-state index in [0.717, 1.165) is 16.5 Å². The van der Waals surface area contributed by atoms with E-state index in [1.807, 2.05) is 24.3 Å². The van der Waals surface area contributed by atoms with Crippen LogP contribution in [0.1, 0.15) is 11.1 Å². The molecule has 3 rings (SSSR count). The summed E-state index contributed by atoms with van der Waals surface area (Å²) in [5.41, 5.74) is 8.28. The van der Waals surface area contributed by atoms with Crippen LogP contribution in [0, 0.1) is 0 Å². The average Bonchev–Trinajstić information content (AvgIpc) is 3.29. The Balaban J connectivity index is 1.49. The molecule has 0 saturated heterocycles. The van der Waals surface area contributed by atoms with Crippen molar-refractivity contribution in [3.63, 3.8) is 0 Å². The first-order valence-electron chi connectivity index (χ1n) is 11.5. The normalized spacial score (nSPS) is 13.4. The number of carboxylic acids is 1. The first-order chi connectivity index (χ1) is 17.7. The molecule has 0 fully saturated rings. The number of nitrogens with two attached hydrogens (primary N) is 1. The van der Waals surface area contributed by atoms with Crippen LogP contribution in [-0.4, -0.2) is 75.3 Å². The van der Waals surface area contributed by atoms with Crippen LogP contribution in [0.25, 0.3) is 10.9 Å². The number of aromatic amines is 1. The summed E-state index contributed by atoms with van der Waals surface area (Å²) in [7, 11) is 0. The quantitative estimate of drug-likeness (QED) is 0.153. The molecule has 12 nitrogen and oxygen atoms in total. The molecule has 12 heteroatoms. The van der Waals surface area contributed by atoms with Crippen LogP contribution in [-0.2, 0) is 32.0 Å². The lowest BCUT2D eigenvalue weighted by molar-refractivity contribution is -0.142. The monoisotopic (exact) mass is 511 g/mol. The number of nitrogens with one attached hydrogen (secondary N) is 4. The molecule has 0 radical (unpaired) electrons. The smallest absolute Gasteiger partial charge is 0.326 e. The van der Waals surface area contributed by atoms with Gasteiger partial charge >= 0.3 is 5.97 Å². The third-order valence-corrected chi connectivity index (χ3v) is 5.70. The molecule has 37 heavy (non-hydrogen) atoms. The Hall–Kier alpha value is -4.42. The number of hydrogen-bond donors (Lipinski definition) is 8. The van der Waals surface area contributed by atoms with Gasteiger partial charge in [-0.2, -0.15) is 0 Å². The largest absolute Gasteiger partial charge is 0.508 e. The van der Waals surface area contributed by atoms with Crippen molar-refractivity contribution < 1.29 is 34.5 Å². The summed E-state index contributed by atoms with van der Waals surface area (Å²) in [6.45, 7) is -1.29. The third kappa shape index (κ3) is 7.53. The van der Waals surface area contributed by atoms with Gasteiger partial charge < -0.3 is 42.0 Å². The molecule has 0 aliphatic carbocycles. The summed E-state index contributed by atoms with van der Waals surface area (Å²) in [6.07, 6.45) is 1.91. The van der Waals surface area contributed by atoms with Crippen molar-refractivity contribution in [3.05, 3.63) is 65.9 Å². The number of aliphatic carboxylic acids is 1. The number of H-pyrrole nitrogens is 1. The highest BCUT2D eigenvalue weighted by Crippen LogP contribution is 2.18. The van der Waals surface area contributed by atoms with E-state index in [2.05, 4.69) is 20.9 Å². The van der Waals surface area contributed by atoms with Crippen LogP contribution in [0.4, 0.5) is 0 Å². The number of phenols is 1. The van der Waals surface area contributed by atoms with Crippen LogP contribution in [0.2, 0.25) is 0 Å². The van der Waals surface area contributed by atoms with Crippen LogP contribution < -0.4 is 21.7 Å². The minimum absolute atomic E-state index is 0.00808. The fourth-order valence-electron chi connectivity index (χ4n) is 3.71.